The lowest BCUT2D eigenvalue weighted by Crippen LogP contribution is -2.51. The lowest BCUT2D eigenvalue weighted by molar-refractivity contribution is -0.146. The Kier molecular flexibility index (Phi) is 2.73. The zero-order chi connectivity index (χ0) is 10.7. The summed E-state index contributed by atoms with van der Waals surface area (Å²) in [4.78, 5) is 11.4. The van der Waals surface area contributed by atoms with Crippen molar-refractivity contribution in [3.05, 3.63) is 35.9 Å². The number of nitrogens with one attached hydrogen (secondary N) is 1. The Bertz CT molecular complexity index is 342. The van der Waals surface area contributed by atoms with Crippen LogP contribution in [0.25, 0.3) is 0 Å². The molecule has 0 aromatic heterocycles. The molecule has 1 fully saturated rings. The lowest BCUT2D eigenvalue weighted by Gasteiger charge is -2.34. The van der Waals surface area contributed by atoms with Gasteiger partial charge in [-0.15, -0.1) is 0 Å². The predicted molar refractivity (Wildman–Crippen MR) is 57.6 cm³/mol. The smallest absolute Gasteiger partial charge is 0.328 e. The second-order valence-corrected chi connectivity index (χ2v) is 3.96. The quantitative estimate of drug-likeness (QED) is 0.773. The van der Waals surface area contributed by atoms with Crippen LogP contribution in [-0.2, 0) is 10.3 Å². The maximum Gasteiger partial charge on any atom is 0.328 e. The number of hydrogen-bond acceptors (Lipinski definition) is 2. The SMILES string of the molecule is O=C(O)[C@]1(c2ccccc2)CCCCN1. The van der Waals surface area contributed by atoms with Crippen LogP contribution in [0, 0.1) is 0 Å². The molecule has 3 nitrogen and oxygen atoms in total. The fraction of sp³-hybridized carbons (Fsp3) is 0.417. The summed E-state index contributed by atoms with van der Waals surface area (Å²) in [6, 6.07) is 9.44. The van der Waals surface area contributed by atoms with Gasteiger partial charge in [0.05, 0.1) is 0 Å². The summed E-state index contributed by atoms with van der Waals surface area (Å²) in [6.07, 6.45) is 2.70. The average Bonchev–Trinajstić information content (AvgIpc) is 2.31. The fourth-order valence-corrected chi connectivity index (χ4v) is 2.18. The Morgan fingerprint density at radius 3 is 2.53 bits per heavy atom. The first-order valence-corrected chi connectivity index (χ1v) is 5.30. The molecule has 0 amide bonds. The summed E-state index contributed by atoms with van der Waals surface area (Å²) in [5.41, 5.74) is -0.00308. The minimum absolute atomic E-state index is 0.673. The van der Waals surface area contributed by atoms with E-state index in [0.717, 1.165) is 24.9 Å². The molecule has 0 saturated carbocycles. The van der Waals surface area contributed by atoms with Crippen molar-refractivity contribution in [3.8, 4) is 0 Å². The number of benzene rings is 1. The third-order valence-corrected chi connectivity index (χ3v) is 3.04. The maximum absolute atomic E-state index is 11.4. The van der Waals surface area contributed by atoms with Crippen molar-refractivity contribution >= 4 is 5.97 Å². The Morgan fingerprint density at radius 2 is 2.00 bits per heavy atom. The molecule has 1 aliphatic heterocycles. The van der Waals surface area contributed by atoms with Crippen molar-refractivity contribution in [2.75, 3.05) is 6.54 Å². The number of piperidine rings is 1. The molecular weight excluding hydrogens is 190 g/mol. The summed E-state index contributed by atoms with van der Waals surface area (Å²) in [5.74, 6) is -0.770. The molecule has 1 saturated heterocycles. The third kappa shape index (κ3) is 1.75. The molecule has 1 heterocycles. The first kappa shape index (κ1) is 10.2. The molecule has 0 radical (unpaired) electrons. The minimum atomic E-state index is -0.862. The van der Waals surface area contributed by atoms with Gasteiger partial charge in [-0.1, -0.05) is 30.3 Å². The number of rotatable bonds is 2. The second-order valence-electron chi connectivity index (χ2n) is 3.96. The molecule has 0 unspecified atom stereocenters. The van der Waals surface area contributed by atoms with Gasteiger partial charge < -0.3 is 5.11 Å². The summed E-state index contributed by atoms with van der Waals surface area (Å²) in [5, 5.41) is 12.5. The monoisotopic (exact) mass is 205 g/mol. The Balaban J connectivity index is 2.38. The Hall–Kier alpha value is -1.35. The van der Waals surface area contributed by atoms with Crippen LogP contribution in [0.15, 0.2) is 30.3 Å². The van der Waals surface area contributed by atoms with E-state index in [-0.39, 0.29) is 0 Å². The fourth-order valence-electron chi connectivity index (χ4n) is 2.18. The molecule has 2 rings (SSSR count). The predicted octanol–water partition coefficient (Wildman–Crippen LogP) is 1.74. The van der Waals surface area contributed by atoms with E-state index in [1.807, 2.05) is 30.3 Å². The van der Waals surface area contributed by atoms with Gasteiger partial charge in [0.2, 0.25) is 0 Å². The van der Waals surface area contributed by atoms with E-state index in [9.17, 15) is 9.90 Å². The molecule has 1 aromatic carbocycles. The molecular formula is C12H15NO2. The van der Waals surface area contributed by atoms with Gasteiger partial charge in [-0.3, -0.25) is 5.32 Å². The van der Waals surface area contributed by atoms with E-state index in [2.05, 4.69) is 5.32 Å². The van der Waals surface area contributed by atoms with Crippen LogP contribution in [0.1, 0.15) is 24.8 Å². The van der Waals surface area contributed by atoms with Crippen LogP contribution in [0.3, 0.4) is 0 Å². The summed E-state index contributed by atoms with van der Waals surface area (Å²) in [7, 11) is 0. The average molecular weight is 205 g/mol. The molecule has 1 aliphatic rings. The van der Waals surface area contributed by atoms with E-state index in [0.29, 0.717) is 6.42 Å². The van der Waals surface area contributed by atoms with Crippen LogP contribution < -0.4 is 5.32 Å². The molecule has 1 atom stereocenters. The van der Waals surface area contributed by atoms with E-state index < -0.39 is 11.5 Å². The van der Waals surface area contributed by atoms with Crippen LogP contribution in [0.5, 0.6) is 0 Å². The zero-order valence-electron chi connectivity index (χ0n) is 8.57. The van der Waals surface area contributed by atoms with Gasteiger partial charge >= 0.3 is 5.97 Å². The highest BCUT2D eigenvalue weighted by atomic mass is 16.4. The molecule has 0 aliphatic carbocycles. The summed E-state index contributed by atoms with van der Waals surface area (Å²) in [6.45, 7) is 0.779. The largest absolute Gasteiger partial charge is 0.480 e. The highest BCUT2D eigenvalue weighted by Gasteiger charge is 2.40. The van der Waals surface area contributed by atoms with Crippen LogP contribution in [-0.4, -0.2) is 17.6 Å². The van der Waals surface area contributed by atoms with Gasteiger partial charge in [-0.2, -0.15) is 0 Å². The summed E-state index contributed by atoms with van der Waals surface area (Å²) >= 11 is 0. The van der Waals surface area contributed by atoms with Gasteiger partial charge in [-0.05, 0) is 31.4 Å². The highest BCUT2D eigenvalue weighted by molar-refractivity contribution is 5.80. The number of hydrogen-bond donors (Lipinski definition) is 2. The third-order valence-electron chi connectivity index (χ3n) is 3.04. The zero-order valence-corrected chi connectivity index (χ0v) is 8.57. The van der Waals surface area contributed by atoms with Gasteiger partial charge in [-0.25, -0.2) is 4.79 Å². The molecule has 3 heteroatoms. The first-order valence-electron chi connectivity index (χ1n) is 5.30. The number of carboxylic acids is 1. The minimum Gasteiger partial charge on any atom is -0.480 e. The number of carboxylic acid groups (broad SMARTS) is 1. The van der Waals surface area contributed by atoms with E-state index >= 15 is 0 Å². The lowest BCUT2D eigenvalue weighted by atomic mass is 9.82. The van der Waals surface area contributed by atoms with Crippen molar-refractivity contribution in [1.29, 1.82) is 0 Å². The topological polar surface area (TPSA) is 49.3 Å². The number of carbonyl (C=O) groups is 1. The van der Waals surface area contributed by atoms with Gasteiger partial charge in [0.1, 0.15) is 5.54 Å². The van der Waals surface area contributed by atoms with E-state index in [1.54, 1.807) is 0 Å². The van der Waals surface area contributed by atoms with Crippen molar-refractivity contribution < 1.29 is 9.90 Å². The van der Waals surface area contributed by atoms with Crippen molar-refractivity contribution in [1.82, 2.24) is 5.32 Å². The molecule has 15 heavy (non-hydrogen) atoms. The molecule has 2 N–H and O–H groups in total. The standard InChI is InChI=1S/C12H15NO2/c14-11(15)12(8-4-5-9-13-12)10-6-2-1-3-7-10/h1-3,6-7,13H,4-5,8-9H2,(H,14,15)/t12-/m1/s1. The van der Waals surface area contributed by atoms with Crippen molar-refractivity contribution in [2.24, 2.45) is 0 Å². The number of aliphatic carboxylic acids is 1. The molecule has 80 valence electrons. The van der Waals surface area contributed by atoms with E-state index in [1.165, 1.54) is 0 Å². The highest BCUT2D eigenvalue weighted by Crippen LogP contribution is 2.30. The van der Waals surface area contributed by atoms with Gasteiger partial charge in [0.15, 0.2) is 0 Å². The Morgan fingerprint density at radius 1 is 1.27 bits per heavy atom. The van der Waals surface area contributed by atoms with Crippen LogP contribution >= 0.6 is 0 Å². The van der Waals surface area contributed by atoms with Crippen LogP contribution in [0.4, 0.5) is 0 Å². The molecule has 0 bridgehead atoms. The van der Waals surface area contributed by atoms with Crippen LogP contribution in [0.2, 0.25) is 0 Å². The van der Waals surface area contributed by atoms with Crippen molar-refractivity contribution in [2.45, 2.75) is 24.8 Å². The maximum atomic E-state index is 11.4. The van der Waals surface area contributed by atoms with Gasteiger partial charge in [0.25, 0.3) is 0 Å². The molecule has 1 aromatic rings. The van der Waals surface area contributed by atoms with E-state index in [4.69, 9.17) is 0 Å². The van der Waals surface area contributed by atoms with Gasteiger partial charge in [0, 0.05) is 0 Å². The normalized spacial score (nSPS) is 26.1. The van der Waals surface area contributed by atoms with Crippen molar-refractivity contribution in [3.63, 3.8) is 0 Å². The Labute approximate surface area is 89.1 Å². The first-order chi connectivity index (χ1) is 7.26. The summed E-state index contributed by atoms with van der Waals surface area (Å²) < 4.78 is 0. The molecule has 0 spiro atoms. The second kappa shape index (κ2) is 4.03.